The number of thiazole rings is 1. The van der Waals surface area contributed by atoms with E-state index in [-0.39, 0.29) is 24.3 Å². The van der Waals surface area contributed by atoms with Crippen LogP contribution in [0.15, 0.2) is 24.3 Å². The van der Waals surface area contributed by atoms with Crippen molar-refractivity contribution in [3.63, 3.8) is 0 Å². The van der Waals surface area contributed by atoms with Crippen LogP contribution in [-0.2, 0) is 16.1 Å². The molecule has 2 amide bonds. The Labute approximate surface area is 127 Å². The van der Waals surface area contributed by atoms with E-state index in [0.29, 0.717) is 6.54 Å². The SMILES string of the molecule is CC(C)C1C(=O)NCC(=O)N1Cc1nc2ccccc2s1. The van der Waals surface area contributed by atoms with E-state index in [9.17, 15) is 9.59 Å². The standard InChI is InChI=1S/C15H17N3O2S/c1-9(2)14-15(20)16-7-13(19)18(14)8-12-17-10-5-3-4-6-11(10)21-12/h3-6,9,14H,7-8H2,1-2H3,(H,16,20). The van der Waals surface area contributed by atoms with E-state index >= 15 is 0 Å². The molecule has 3 rings (SSSR count). The fourth-order valence-corrected chi connectivity index (χ4v) is 3.61. The van der Waals surface area contributed by atoms with Gasteiger partial charge in [0, 0.05) is 0 Å². The van der Waals surface area contributed by atoms with Crippen LogP contribution in [0.5, 0.6) is 0 Å². The van der Waals surface area contributed by atoms with Gasteiger partial charge in [0.25, 0.3) is 0 Å². The van der Waals surface area contributed by atoms with Crippen LogP contribution in [-0.4, -0.2) is 34.3 Å². The smallest absolute Gasteiger partial charge is 0.243 e. The molecule has 1 unspecified atom stereocenters. The van der Waals surface area contributed by atoms with Gasteiger partial charge < -0.3 is 10.2 Å². The van der Waals surface area contributed by atoms with E-state index in [2.05, 4.69) is 10.3 Å². The van der Waals surface area contributed by atoms with Crippen molar-refractivity contribution in [3.8, 4) is 0 Å². The average Bonchev–Trinajstić information content (AvgIpc) is 2.85. The lowest BCUT2D eigenvalue weighted by molar-refractivity contribution is -0.148. The highest BCUT2D eigenvalue weighted by atomic mass is 32.1. The summed E-state index contributed by atoms with van der Waals surface area (Å²) in [6, 6.07) is 7.47. The first kappa shape index (κ1) is 14.0. The third-order valence-corrected chi connectivity index (χ3v) is 4.64. The van der Waals surface area contributed by atoms with Gasteiger partial charge in [0.2, 0.25) is 11.8 Å². The minimum Gasteiger partial charge on any atom is -0.345 e. The van der Waals surface area contributed by atoms with E-state index in [1.165, 1.54) is 0 Å². The summed E-state index contributed by atoms with van der Waals surface area (Å²) in [7, 11) is 0. The Kier molecular flexibility index (Phi) is 3.63. The predicted octanol–water partition coefficient (Wildman–Crippen LogP) is 1.78. The van der Waals surface area contributed by atoms with Gasteiger partial charge in [-0.1, -0.05) is 26.0 Å². The minimum atomic E-state index is -0.418. The van der Waals surface area contributed by atoms with Crippen LogP contribution in [0.4, 0.5) is 0 Å². The van der Waals surface area contributed by atoms with Crippen molar-refractivity contribution in [3.05, 3.63) is 29.3 Å². The Morgan fingerprint density at radius 2 is 2.14 bits per heavy atom. The summed E-state index contributed by atoms with van der Waals surface area (Å²) in [6.45, 7) is 4.38. The lowest BCUT2D eigenvalue weighted by atomic mass is 9.99. The second-order valence-electron chi connectivity index (χ2n) is 5.50. The van der Waals surface area contributed by atoms with Crippen LogP contribution in [0.3, 0.4) is 0 Å². The van der Waals surface area contributed by atoms with E-state index in [4.69, 9.17) is 0 Å². The number of amides is 2. The number of benzene rings is 1. The second-order valence-corrected chi connectivity index (χ2v) is 6.62. The van der Waals surface area contributed by atoms with Crippen molar-refractivity contribution in [1.82, 2.24) is 15.2 Å². The van der Waals surface area contributed by atoms with Crippen molar-refractivity contribution in [2.45, 2.75) is 26.4 Å². The Morgan fingerprint density at radius 3 is 2.86 bits per heavy atom. The number of aromatic nitrogens is 1. The van der Waals surface area contributed by atoms with Crippen LogP contribution in [0, 0.1) is 5.92 Å². The number of hydrogen-bond donors (Lipinski definition) is 1. The highest BCUT2D eigenvalue weighted by Crippen LogP contribution is 2.25. The minimum absolute atomic E-state index is 0.0486. The van der Waals surface area contributed by atoms with Crippen molar-refractivity contribution < 1.29 is 9.59 Å². The molecule has 0 saturated carbocycles. The number of carbonyl (C=O) groups excluding carboxylic acids is 2. The molecule has 1 aliphatic rings. The van der Waals surface area contributed by atoms with Crippen LogP contribution in [0.25, 0.3) is 10.2 Å². The summed E-state index contributed by atoms with van der Waals surface area (Å²) >= 11 is 1.57. The van der Waals surface area contributed by atoms with E-state index in [0.717, 1.165) is 15.2 Å². The summed E-state index contributed by atoms with van der Waals surface area (Å²) in [5.41, 5.74) is 0.938. The third-order valence-electron chi connectivity index (χ3n) is 3.61. The van der Waals surface area contributed by atoms with E-state index in [1.807, 2.05) is 38.1 Å². The number of rotatable bonds is 3. The van der Waals surface area contributed by atoms with Gasteiger partial charge in [-0.3, -0.25) is 9.59 Å². The first-order chi connectivity index (χ1) is 10.1. The fraction of sp³-hybridized carbons (Fsp3) is 0.400. The zero-order valence-corrected chi connectivity index (χ0v) is 12.8. The molecule has 0 aliphatic carbocycles. The number of carbonyl (C=O) groups is 2. The summed E-state index contributed by atoms with van der Waals surface area (Å²) in [5.74, 6) is -0.0538. The van der Waals surface area contributed by atoms with Gasteiger partial charge in [-0.15, -0.1) is 11.3 Å². The molecule has 1 atom stereocenters. The number of nitrogens with zero attached hydrogens (tertiary/aromatic N) is 2. The molecule has 0 radical (unpaired) electrons. The Morgan fingerprint density at radius 1 is 1.38 bits per heavy atom. The van der Waals surface area contributed by atoms with Gasteiger partial charge in [-0.2, -0.15) is 0 Å². The van der Waals surface area contributed by atoms with Crippen molar-refractivity contribution >= 4 is 33.4 Å². The third kappa shape index (κ3) is 2.63. The maximum atomic E-state index is 12.2. The molecule has 1 fully saturated rings. The van der Waals surface area contributed by atoms with Crippen LogP contribution in [0.1, 0.15) is 18.9 Å². The molecule has 2 heterocycles. The lowest BCUT2D eigenvalue weighted by Crippen LogP contribution is -2.59. The first-order valence-electron chi connectivity index (χ1n) is 6.98. The monoisotopic (exact) mass is 303 g/mol. The average molecular weight is 303 g/mol. The molecule has 1 saturated heterocycles. The molecule has 6 heteroatoms. The molecular weight excluding hydrogens is 286 g/mol. The van der Waals surface area contributed by atoms with E-state index in [1.54, 1.807) is 16.2 Å². The quantitative estimate of drug-likeness (QED) is 0.940. The molecule has 21 heavy (non-hydrogen) atoms. The second kappa shape index (κ2) is 5.44. The molecule has 0 spiro atoms. The largest absolute Gasteiger partial charge is 0.345 e. The molecule has 1 aromatic carbocycles. The molecule has 0 bridgehead atoms. The summed E-state index contributed by atoms with van der Waals surface area (Å²) < 4.78 is 1.10. The summed E-state index contributed by atoms with van der Waals surface area (Å²) in [4.78, 5) is 30.4. The van der Waals surface area contributed by atoms with Gasteiger partial charge in [0.15, 0.2) is 0 Å². The maximum Gasteiger partial charge on any atom is 0.243 e. The zero-order valence-electron chi connectivity index (χ0n) is 12.0. The molecule has 1 aliphatic heterocycles. The highest BCUT2D eigenvalue weighted by Gasteiger charge is 2.36. The normalized spacial score (nSPS) is 19.4. The van der Waals surface area contributed by atoms with Gasteiger partial charge >= 0.3 is 0 Å². The Bertz CT molecular complexity index is 662. The van der Waals surface area contributed by atoms with Crippen molar-refractivity contribution in [2.75, 3.05) is 6.54 Å². The predicted molar refractivity (Wildman–Crippen MR) is 81.8 cm³/mol. The number of hydrogen-bond acceptors (Lipinski definition) is 4. The van der Waals surface area contributed by atoms with Crippen LogP contribution >= 0.6 is 11.3 Å². The number of piperazine rings is 1. The highest BCUT2D eigenvalue weighted by molar-refractivity contribution is 7.18. The molecule has 1 aromatic heterocycles. The first-order valence-corrected chi connectivity index (χ1v) is 7.79. The Hall–Kier alpha value is -1.95. The van der Waals surface area contributed by atoms with Crippen LogP contribution < -0.4 is 5.32 Å². The summed E-state index contributed by atoms with van der Waals surface area (Å²) in [6.07, 6.45) is 0. The molecule has 5 nitrogen and oxygen atoms in total. The molecule has 110 valence electrons. The van der Waals surface area contributed by atoms with Gasteiger partial charge in [0.05, 0.1) is 23.3 Å². The maximum absolute atomic E-state index is 12.2. The van der Waals surface area contributed by atoms with Gasteiger partial charge in [0.1, 0.15) is 11.0 Å². The Balaban J connectivity index is 1.89. The van der Waals surface area contributed by atoms with Crippen LogP contribution in [0.2, 0.25) is 0 Å². The topological polar surface area (TPSA) is 62.3 Å². The van der Waals surface area contributed by atoms with Crippen molar-refractivity contribution in [2.24, 2.45) is 5.92 Å². The number of fused-ring (bicyclic) bond motifs is 1. The summed E-state index contributed by atoms with van der Waals surface area (Å²) in [5, 5.41) is 3.52. The molecular formula is C15H17N3O2S. The zero-order chi connectivity index (χ0) is 15.0. The number of para-hydroxylation sites is 1. The fourth-order valence-electron chi connectivity index (χ4n) is 2.65. The van der Waals surface area contributed by atoms with E-state index < -0.39 is 6.04 Å². The van der Waals surface area contributed by atoms with Crippen molar-refractivity contribution in [1.29, 1.82) is 0 Å². The number of nitrogens with one attached hydrogen (secondary N) is 1. The molecule has 1 N–H and O–H groups in total. The van der Waals surface area contributed by atoms with Gasteiger partial charge in [-0.25, -0.2) is 4.98 Å². The lowest BCUT2D eigenvalue weighted by Gasteiger charge is -2.36. The van der Waals surface area contributed by atoms with Gasteiger partial charge in [-0.05, 0) is 18.1 Å². The molecule has 2 aromatic rings.